The number of amides is 1. The largest absolute Gasteiger partial charge is 0.354 e. The van der Waals surface area contributed by atoms with Crippen molar-refractivity contribution in [2.24, 2.45) is 7.05 Å². The maximum atomic E-state index is 12.2. The molecule has 0 aliphatic rings. The van der Waals surface area contributed by atoms with Gasteiger partial charge >= 0.3 is 0 Å². The molecule has 1 amide bonds. The Bertz CT molecular complexity index is 1030. The average molecular weight is 332 g/mol. The Kier molecular flexibility index (Phi) is 3.98. The predicted octanol–water partition coefficient (Wildman–Crippen LogP) is 2.89. The first-order valence-corrected chi connectivity index (χ1v) is 8.41. The van der Waals surface area contributed by atoms with Crippen molar-refractivity contribution in [3.05, 3.63) is 66.7 Å². The van der Waals surface area contributed by atoms with Crippen molar-refractivity contribution in [3.63, 3.8) is 0 Å². The molecule has 0 fully saturated rings. The molecule has 0 aliphatic carbocycles. The highest BCUT2D eigenvalue weighted by Gasteiger charge is 2.10. The summed E-state index contributed by atoms with van der Waals surface area (Å²) in [6.07, 6.45) is 5.77. The number of carbonyl (C=O) groups is 1. The molecule has 2 heterocycles. The van der Waals surface area contributed by atoms with E-state index in [2.05, 4.69) is 58.3 Å². The van der Waals surface area contributed by atoms with E-state index >= 15 is 0 Å². The summed E-state index contributed by atoms with van der Waals surface area (Å²) in [7, 11) is 2.08. The zero-order chi connectivity index (χ0) is 17.2. The number of hydrogen-bond donors (Lipinski definition) is 1. The van der Waals surface area contributed by atoms with Crippen LogP contribution in [0.4, 0.5) is 0 Å². The van der Waals surface area contributed by atoms with Crippen molar-refractivity contribution < 1.29 is 4.79 Å². The normalized spacial score (nSPS) is 11.2. The molecule has 0 bridgehead atoms. The Morgan fingerprint density at radius 2 is 1.96 bits per heavy atom. The maximum absolute atomic E-state index is 12.2. The highest BCUT2D eigenvalue weighted by atomic mass is 16.1. The zero-order valence-electron chi connectivity index (χ0n) is 14.1. The van der Waals surface area contributed by atoms with Gasteiger partial charge in [-0.05, 0) is 23.8 Å². The van der Waals surface area contributed by atoms with E-state index in [1.165, 1.54) is 21.8 Å². The molecule has 4 aromatic rings. The van der Waals surface area contributed by atoms with Gasteiger partial charge in [0.1, 0.15) is 0 Å². The van der Waals surface area contributed by atoms with Crippen molar-refractivity contribution in [1.29, 1.82) is 0 Å². The predicted molar refractivity (Wildman–Crippen MR) is 99.4 cm³/mol. The summed E-state index contributed by atoms with van der Waals surface area (Å²) in [5.41, 5.74) is 3.42. The number of fused-ring (bicyclic) bond motifs is 3. The van der Waals surface area contributed by atoms with E-state index in [0.717, 1.165) is 12.1 Å². The van der Waals surface area contributed by atoms with Gasteiger partial charge in [0.05, 0.1) is 12.7 Å². The molecular formula is C20H20N4O. The van der Waals surface area contributed by atoms with Gasteiger partial charge in [-0.1, -0.05) is 24.3 Å². The van der Waals surface area contributed by atoms with Gasteiger partial charge in [-0.15, -0.1) is 0 Å². The molecule has 0 spiro atoms. The molecule has 0 atom stereocenters. The number of hydrogen-bond acceptors (Lipinski definition) is 2. The molecule has 2 aromatic carbocycles. The fourth-order valence-corrected chi connectivity index (χ4v) is 3.32. The lowest BCUT2D eigenvalue weighted by Crippen LogP contribution is -2.28. The van der Waals surface area contributed by atoms with E-state index in [4.69, 9.17) is 0 Å². The van der Waals surface area contributed by atoms with Crippen LogP contribution in [0.5, 0.6) is 0 Å². The van der Waals surface area contributed by atoms with Crippen LogP contribution >= 0.6 is 0 Å². The Hall–Kier alpha value is -3.08. The summed E-state index contributed by atoms with van der Waals surface area (Å²) in [6.45, 7) is 1.33. The second-order valence-electron chi connectivity index (χ2n) is 6.25. The van der Waals surface area contributed by atoms with Crippen LogP contribution in [0.3, 0.4) is 0 Å². The fraction of sp³-hybridized carbons (Fsp3) is 0.200. The van der Waals surface area contributed by atoms with Crippen molar-refractivity contribution in [2.75, 3.05) is 6.54 Å². The van der Waals surface area contributed by atoms with E-state index in [9.17, 15) is 4.79 Å². The summed E-state index contributed by atoms with van der Waals surface area (Å²) in [6, 6.07) is 14.6. The number of aromatic nitrogens is 3. The van der Waals surface area contributed by atoms with Crippen molar-refractivity contribution in [2.45, 2.75) is 13.0 Å². The SMILES string of the molecule is Cn1c2ccccc2c2cc(CC(=O)NCCn3ccnc3)ccc21. The van der Waals surface area contributed by atoms with E-state index in [1.807, 2.05) is 16.8 Å². The molecule has 0 saturated carbocycles. The Morgan fingerprint density at radius 3 is 2.80 bits per heavy atom. The topological polar surface area (TPSA) is 51.9 Å². The number of nitrogens with zero attached hydrogens (tertiary/aromatic N) is 3. The highest BCUT2D eigenvalue weighted by molar-refractivity contribution is 6.08. The molecule has 0 saturated heterocycles. The summed E-state index contributed by atoms with van der Waals surface area (Å²) in [5.74, 6) is 0.0414. The Balaban J connectivity index is 1.49. The van der Waals surface area contributed by atoms with Crippen LogP contribution in [0, 0.1) is 0 Å². The van der Waals surface area contributed by atoms with Gasteiger partial charge < -0.3 is 14.5 Å². The van der Waals surface area contributed by atoms with Crippen LogP contribution in [-0.2, 0) is 24.8 Å². The molecule has 5 nitrogen and oxygen atoms in total. The second-order valence-corrected chi connectivity index (χ2v) is 6.25. The maximum Gasteiger partial charge on any atom is 0.224 e. The van der Waals surface area contributed by atoms with Gasteiger partial charge in [-0.3, -0.25) is 4.79 Å². The molecule has 0 unspecified atom stereocenters. The lowest BCUT2D eigenvalue weighted by Gasteiger charge is -2.06. The number of aryl methyl sites for hydroxylation is 1. The summed E-state index contributed by atoms with van der Waals surface area (Å²) in [4.78, 5) is 16.2. The first kappa shape index (κ1) is 15.4. The minimum absolute atomic E-state index is 0.0414. The van der Waals surface area contributed by atoms with Crippen LogP contribution in [-0.4, -0.2) is 26.6 Å². The minimum Gasteiger partial charge on any atom is -0.354 e. The molecular weight excluding hydrogens is 312 g/mol. The smallest absolute Gasteiger partial charge is 0.224 e. The summed E-state index contributed by atoms with van der Waals surface area (Å²) in [5, 5.41) is 5.39. The molecule has 0 aliphatic heterocycles. The Labute approximate surface area is 145 Å². The third-order valence-electron chi connectivity index (χ3n) is 4.59. The molecule has 5 heteroatoms. The van der Waals surface area contributed by atoms with Gasteiger partial charge in [0, 0.05) is 54.3 Å². The third-order valence-corrected chi connectivity index (χ3v) is 4.59. The van der Waals surface area contributed by atoms with E-state index in [0.29, 0.717) is 13.0 Å². The quantitative estimate of drug-likeness (QED) is 0.611. The second kappa shape index (κ2) is 6.43. The molecule has 4 rings (SSSR count). The lowest BCUT2D eigenvalue weighted by atomic mass is 10.1. The first-order chi connectivity index (χ1) is 12.2. The van der Waals surface area contributed by atoms with Gasteiger partial charge in [0.15, 0.2) is 0 Å². The van der Waals surface area contributed by atoms with E-state index < -0.39 is 0 Å². The molecule has 1 N–H and O–H groups in total. The van der Waals surface area contributed by atoms with Crippen LogP contribution in [0.1, 0.15) is 5.56 Å². The monoisotopic (exact) mass is 332 g/mol. The first-order valence-electron chi connectivity index (χ1n) is 8.41. The number of carbonyl (C=O) groups excluding carboxylic acids is 1. The average Bonchev–Trinajstić information content (AvgIpc) is 3.23. The molecule has 126 valence electrons. The number of para-hydroxylation sites is 1. The standard InChI is InChI=1S/C20H20N4O/c1-23-18-5-3-2-4-16(18)17-12-15(6-7-19(17)23)13-20(25)22-9-11-24-10-8-21-14-24/h2-8,10,12,14H,9,11,13H2,1H3,(H,22,25). The number of imidazole rings is 1. The molecule has 25 heavy (non-hydrogen) atoms. The fourth-order valence-electron chi connectivity index (χ4n) is 3.32. The van der Waals surface area contributed by atoms with Crippen LogP contribution in [0.15, 0.2) is 61.2 Å². The van der Waals surface area contributed by atoms with Crippen LogP contribution < -0.4 is 5.32 Å². The highest BCUT2D eigenvalue weighted by Crippen LogP contribution is 2.28. The summed E-state index contributed by atoms with van der Waals surface area (Å²) >= 11 is 0. The van der Waals surface area contributed by atoms with Gasteiger partial charge in [-0.25, -0.2) is 4.98 Å². The third kappa shape index (κ3) is 3.01. The lowest BCUT2D eigenvalue weighted by molar-refractivity contribution is -0.120. The number of rotatable bonds is 5. The van der Waals surface area contributed by atoms with Crippen molar-refractivity contribution >= 4 is 27.7 Å². The van der Waals surface area contributed by atoms with E-state index in [-0.39, 0.29) is 5.91 Å². The molecule has 2 aromatic heterocycles. The number of nitrogens with one attached hydrogen (secondary N) is 1. The van der Waals surface area contributed by atoms with E-state index in [1.54, 1.807) is 12.5 Å². The van der Waals surface area contributed by atoms with Crippen LogP contribution in [0.25, 0.3) is 21.8 Å². The van der Waals surface area contributed by atoms with Crippen LogP contribution in [0.2, 0.25) is 0 Å². The van der Waals surface area contributed by atoms with Gasteiger partial charge in [0.2, 0.25) is 5.91 Å². The molecule has 0 radical (unpaired) electrons. The van der Waals surface area contributed by atoms with Crippen molar-refractivity contribution in [3.8, 4) is 0 Å². The zero-order valence-corrected chi connectivity index (χ0v) is 14.1. The number of benzene rings is 2. The van der Waals surface area contributed by atoms with Gasteiger partial charge in [-0.2, -0.15) is 0 Å². The van der Waals surface area contributed by atoms with Gasteiger partial charge in [0.25, 0.3) is 0 Å². The van der Waals surface area contributed by atoms with Crippen molar-refractivity contribution in [1.82, 2.24) is 19.4 Å². The Morgan fingerprint density at radius 1 is 1.12 bits per heavy atom. The minimum atomic E-state index is 0.0414. The summed E-state index contributed by atoms with van der Waals surface area (Å²) < 4.78 is 4.14.